The van der Waals surface area contributed by atoms with E-state index in [9.17, 15) is 14.4 Å². The lowest BCUT2D eigenvalue weighted by Crippen LogP contribution is -2.48. The van der Waals surface area contributed by atoms with Crippen LogP contribution in [0.25, 0.3) is 0 Å². The number of nitrogens with zero attached hydrogens (tertiary/aromatic N) is 2. The van der Waals surface area contributed by atoms with Crippen LogP contribution in [0, 0.1) is 11.8 Å². The van der Waals surface area contributed by atoms with Crippen molar-refractivity contribution < 1.29 is 19.1 Å². The van der Waals surface area contributed by atoms with Crippen LogP contribution in [0.5, 0.6) is 0 Å². The topological polar surface area (TPSA) is 105 Å². The van der Waals surface area contributed by atoms with Gasteiger partial charge in [-0.05, 0) is 12.3 Å². The molecule has 1 heterocycles. The summed E-state index contributed by atoms with van der Waals surface area (Å²) in [5.74, 6) is -0.271. The first-order chi connectivity index (χ1) is 12.2. The van der Waals surface area contributed by atoms with E-state index in [1.165, 1.54) is 12.0 Å². The van der Waals surface area contributed by atoms with Crippen LogP contribution < -0.4 is 11.1 Å². The fraction of sp³-hybridized carbons (Fsp3) is 0.833. The maximum absolute atomic E-state index is 12.7. The third kappa shape index (κ3) is 5.95. The zero-order chi connectivity index (χ0) is 19.9. The Kier molecular flexibility index (Phi) is 9.01. The van der Waals surface area contributed by atoms with Crippen LogP contribution in [0.15, 0.2) is 0 Å². The van der Waals surface area contributed by atoms with Crippen LogP contribution in [0.4, 0.5) is 0 Å². The van der Waals surface area contributed by atoms with Crippen molar-refractivity contribution in [2.24, 2.45) is 17.6 Å². The Balaban J connectivity index is 3.02. The Labute approximate surface area is 156 Å². The van der Waals surface area contributed by atoms with E-state index in [1.54, 1.807) is 0 Å². The normalized spacial score (nSPS) is 19.9. The summed E-state index contributed by atoms with van der Waals surface area (Å²) < 4.78 is 4.95. The van der Waals surface area contributed by atoms with Crippen LogP contribution in [0.1, 0.15) is 34.1 Å². The molecule has 0 aromatic rings. The van der Waals surface area contributed by atoms with E-state index in [1.807, 2.05) is 18.7 Å². The largest absolute Gasteiger partial charge is 0.375 e. The van der Waals surface area contributed by atoms with Crippen LogP contribution in [-0.2, 0) is 19.1 Å². The minimum Gasteiger partial charge on any atom is -0.375 e. The van der Waals surface area contributed by atoms with Gasteiger partial charge in [0.15, 0.2) is 0 Å². The Bertz CT molecular complexity index is 496. The molecule has 1 saturated heterocycles. The zero-order valence-corrected chi connectivity index (χ0v) is 16.7. The van der Waals surface area contributed by atoms with E-state index in [0.29, 0.717) is 38.5 Å². The predicted octanol–water partition coefficient (Wildman–Crippen LogP) is -0.182. The Morgan fingerprint density at radius 2 is 1.92 bits per heavy atom. The second-order valence-corrected chi connectivity index (χ2v) is 7.50. The number of carbonyl (C=O) groups is 3. The van der Waals surface area contributed by atoms with Gasteiger partial charge in [-0.2, -0.15) is 0 Å². The second-order valence-electron chi connectivity index (χ2n) is 7.50. The number of carbonyl (C=O) groups excluding carboxylic acids is 3. The molecule has 0 bridgehead atoms. The highest BCUT2D eigenvalue weighted by Gasteiger charge is 2.43. The maximum Gasteiger partial charge on any atom is 0.249 e. The molecule has 150 valence electrons. The monoisotopic (exact) mass is 370 g/mol. The highest BCUT2D eigenvalue weighted by molar-refractivity contribution is 5.89. The Hall–Kier alpha value is -1.67. The number of hydrogen-bond donors (Lipinski definition) is 2. The summed E-state index contributed by atoms with van der Waals surface area (Å²) in [6, 6.07) is -0.787. The van der Waals surface area contributed by atoms with Crippen molar-refractivity contribution >= 4 is 17.7 Å². The minimum atomic E-state index is -0.608. The molecule has 0 aliphatic carbocycles. The molecule has 2 unspecified atom stereocenters. The van der Waals surface area contributed by atoms with E-state index < -0.39 is 6.04 Å². The lowest BCUT2D eigenvalue weighted by Gasteiger charge is -2.32. The number of methoxy groups -OCH3 is 1. The van der Waals surface area contributed by atoms with Gasteiger partial charge in [0.25, 0.3) is 0 Å². The van der Waals surface area contributed by atoms with E-state index in [0.717, 1.165) is 0 Å². The van der Waals surface area contributed by atoms with Gasteiger partial charge < -0.3 is 25.6 Å². The summed E-state index contributed by atoms with van der Waals surface area (Å²) in [7, 11) is 1.45. The number of nitrogens with one attached hydrogen (secondary N) is 1. The molecule has 0 radical (unpaired) electrons. The highest BCUT2D eigenvalue weighted by Crippen LogP contribution is 2.25. The third-order valence-electron chi connectivity index (χ3n) is 4.39. The number of amides is 3. The number of nitrogens with two attached hydrogens (primary N) is 1. The van der Waals surface area contributed by atoms with Gasteiger partial charge in [-0.15, -0.1) is 0 Å². The summed E-state index contributed by atoms with van der Waals surface area (Å²) in [6.45, 7) is 9.37. The molecule has 1 fully saturated rings. The summed E-state index contributed by atoms with van der Waals surface area (Å²) in [5.41, 5.74) is 5.45. The van der Waals surface area contributed by atoms with Crippen molar-refractivity contribution in [3.63, 3.8) is 0 Å². The highest BCUT2D eigenvalue weighted by atomic mass is 16.5. The number of rotatable bonds is 9. The summed E-state index contributed by atoms with van der Waals surface area (Å²) in [5, 5.41) is 2.75. The van der Waals surface area contributed by atoms with Gasteiger partial charge in [-0.25, -0.2) is 0 Å². The molecule has 8 heteroatoms. The van der Waals surface area contributed by atoms with E-state index in [4.69, 9.17) is 10.5 Å². The van der Waals surface area contributed by atoms with Gasteiger partial charge in [-0.3, -0.25) is 14.4 Å². The second kappa shape index (κ2) is 10.5. The van der Waals surface area contributed by atoms with Crippen molar-refractivity contribution in [2.45, 2.75) is 46.2 Å². The van der Waals surface area contributed by atoms with Crippen molar-refractivity contribution in [2.75, 3.05) is 39.9 Å². The molecule has 0 saturated carbocycles. The zero-order valence-electron chi connectivity index (χ0n) is 16.7. The van der Waals surface area contributed by atoms with E-state index in [-0.39, 0.29) is 36.3 Å². The van der Waals surface area contributed by atoms with Gasteiger partial charge in [0, 0.05) is 39.2 Å². The molecule has 0 spiro atoms. The maximum atomic E-state index is 12.7. The minimum absolute atomic E-state index is 0.0471. The Morgan fingerprint density at radius 3 is 2.42 bits per heavy atom. The van der Waals surface area contributed by atoms with Crippen LogP contribution in [0.2, 0.25) is 0 Å². The molecule has 0 aromatic carbocycles. The standard InChI is InChI=1S/C18H34N4O4/c1-12(2)9-21(18(25)13(3)4)14-8-15(17(24)20-7-6-19)22(10-14)16(23)11-26-5/h12-15H,6-11,19H2,1-5H3,(H,20,24). The first-order valence-corrected chi connectivity index (χ1v) is 9.29. The fourth-order valence-corrected chi connectivity index (χ4v) is 3.23. The predicted molar refractivity (Wildman–Crippen MR) is 99.2 cm³/mol. The molecule has 0 aromatic heterocycles. The molecule has 3 N–H and O–H groups in total. The lowest BCUT2D eigenvalue weighted by molar-refractivity contribution is -0.141. The molecule has 1 rings (SSSR count). The average Bonchev–Trinajstić information content (AvgIpc) is 3.02. The molecular weight excluding hydrogens is 336 g/mol. The number of hydrogen-bond acceptors (Lipinski definition) is 5. The van der Waals surface area contributed by atoms with Crippen LogP contribution >= 0.6 is 0 Å². The van der Waals surface area contributed by atoms with Crippen molar-refractivity contribution in [1.29, 1.82) is 0 Å². The van der Waals surface area contributed by atoms with E-state index >= 15 is 0 Å². The van der Waals surface area contributed by atoms with Gasteiger partial charge in [-0.1, -0.05) is 27.7 Å². The smallest absolute Gasteiger partial charge is 0.249 e. The molecule has 8 nitrogen and oxygen atoms in total. The van der Waals surface area contributed by atoms with E-state index in [2.05, 4.69) is 19.2 Å². The van der Waals surface area contributed by atoms with Gasteiger partial charge in [0.1, 0.15) is 12.6 Å². The number of ether oxygens (including phenoxy) is 1. The molecule has 26 heavy (non-hydrogen) atoms. The molecule has 1 aliphatic heterocycles. The number of likely N-dealkylation sites (tertiary alicyclic amines) is 1. The third-order valence-corrected chi connectivity index (χ3v) is 4.39. The first-order valence-electron chi connectivity index (χ1n) is 9.29. The summed E-state index contributed by atoms with van der Waals surface area (Å²) >= 11 is 0. The van der Waals surface area contributed by atoms with Gasteiger partial charge >= 0.3 is 0 Å². The average molecular weight is 370 g/mol. The van der Waals surface area contributed by atoms with Gasteiger partial charge in [0.2, 0.25) is 17.7 Å². The fourth-order valence-electron chi connectivity index (χ4n) is 3.23. The summed E-state index contributed by atoms with van der Waals surface area (Å²) in [4.78, 5) is 41.0. The molecule has 2 atom stereocenters. The quantitative estimate of drug-likeness (QED) is 0.586. The molecule has 3 amide bonds. The summed E-state index contributed by atoms with van der Waals surface area (Å²) in [6.07, 6.45) is 0.428. The van der Waals surface area contributed by atoms with Crippen LogP contribution in [-0.4, -0.2) is 79.5 Å². The Morgan fingerprint density at radius 1 is 1.27 bits per heavy atom. The van der Waals surface area contributed by atoms with Crippen LogP contribution in [0.3, 0.4) is 0 Å². The van der Waals surface area contributed by atoms with Crippen molar-refractivity contribution in [3.05, 3.63) is 0 Å². The molecule has 1 aliphatic rings. The molecular formula is C18H34N4O4. The van der Waals surface area contributed by atoms with Crippen molar-refractivity contribution in [1.82, 2.24) is 15.1 Å². The SMILES string of the molecule is COCC(=O)N1CC(N(CC(C)C)C(=O)C(C)C)CC1C(=O)NCCN. The van der Waals surface area contributed by atoms with Gasteiger partial charge in [0.05, 0.1) is 6.04 Å². The lowest BCUT2D eigenvalue weighted by atomic mass is 10.1. The van der Waals surface area contributed by atoms with Crippen molar-refractivity contribution in [3.8, 4) is 0 Å². The first kappa shape index (κ1) is 22.4.